The molecule has 2 unspecified atom stereocenters. The second-order valence-corrected chi connectivity index (χ2v) is 7.14. The van der Waals surface area contributed by atoms with Crippen molar-refractivity contribution in [2.45, 2.75) is 39.4 Å². The molecule has 2 atom stereocenters. The van der Waals surface area contributed by atoms with Crippen LogP contribution in [0.25, 0.3) is 5.69 Å². The Morgan fingerprint density at radius 2 is 1.92 bits per heavy atom. The fraction of sp³-hybridized carbons (Fsp3) is 0.500. The monoisotopic (exact) mass is 356 g/mol. The maximum Gasteiger partial charge on any atom is 0.251 e. The minimum Gasteiger partial charge on any atom is -0.373 e. The zero-order valence-corrected chi connectivity index (χ0v) is 15.8. The van der Waals surface area contributed by atoms with E-state index in [1.54, 1.807) is 4.68 Å². The number of carbonyl (C=O) groups is 1. The topological polar surface area (TPSA) is 59.4 Å². The van der Waals surface area contributed by atoms with E-state index in [0.29, 0.717) is 12.1 Å². The molecule has 2 aromatic rings. The Kier molecular flexibility index (Phi) is 6.06. The Hall–Kier alpha value is -2.18. The summed E-state index contributed by atoms with van der Waals surface area (Å²) in [4.78, 5) is 14.7. The number of hydrogen-bond acceptors (Lipinski definition) is 4. The van der Waals surface area contributed by atoms with E-state index < -0.39 is 0 Å². The molecule has 1 aliphatic rings. The lowest BCUT2D eigenvalue weighted by molar-refractivity contribution is -0.0679. The summed E-state index contributed by atoms with van der Waals surface area (Å²) in [7, 11) is 0. The molecular formula is C20H28N4O2. The summed E-state index contributed by atoms with van der Waals surface area (Å²) in [5.41, 5.74) is 2.73. The van der Waals surface area contributed by atoms with Crippen molar-refractivity contribution in [1.29, 1.82) is 0 Å². The van der Waals surface area contributed by atoms with Crippen molar-refractivity contribution < 1.29 is 9.53 Å². The lowest BCUT2D eigenvalue weighted by atomic mass is 10.2. The summed E-state index contributed by atoms with van der Waals surface area (Å²) in [6, 6.07) is 7.51. The second kappa shape index (κ2) is 8.47. The molecule has 0 saturated carbocycles. The van der Waals surface area contributed by atoms with Gasteiger partial charge >= 0.3 is 0 Å². The molecule has 1 aromatic heterocycles. The van der Waals surface area contributed by atoms with E-state index in [0.717, 1.165) is 37.3 Å². The molecule has 140 valence electrons. The average Bonchev–Trinajstić information content (AvgIpc) is 3.04. The number of nitrogens with zero attached hydrogens (tertiary/aromatic N) is 3. The quantitative estimate of drug-likeness (QED) is 0.808. The summed E-state index contributed by atoms with van der Waals surface area (Å²) in [6.07, 6.45) is 5.28. The van der Waals surface area contributed by atoms with Crippen molar-refractivity contribution in [2.75, 3.05) is 26.2 Å². The van der Waals surface area contributed by atoms with E-state index in [2.05, 4.69) is 29.2 Å². The fourth-order valence-electron chi connectivity index (χ4n) is 3.39. The highest BCUT2D eigenvalue weighted by Crippen LogP contribution is 2.11. The first kappa shape index (κ1) is 18.6. The molecule has 6 nitrogen and oxygen atoms in total. The van der Waals surface area contributed by atoms with Gasteiger partial charge in [0, 0.05) is 37.9 Å². The van der Waals surface area contributed by atoms with Crippen LogP contribution in [0.1, 0.15) is 36.2 Å². The van der Waals surface area contributed by atoms with Crippen LogP contribution < -0.4 is 5.32 Å². The number of morpholine rings is 1. The van der Waals surface area contributed by atoms with Gasteiger partial charge in [0.1, 0.15) is 0 Å². The predicted octanol–water partition coefficient (Wildman–Crippen LogP) is 2.41. The van der Waals surface area contributed by atoms with E-state index in [1.807, 2.05) is 43.6 Å². The van der Waals surface area contributed by atoms with Crippen LogP contribution in [0.4, 0.5) is 0 Å². The lowest BCUT2D eigenvalue weighted by Gasteiger charge is -2.35. The predicted molar refractivity (Wildman–Crippen MR) is 102 cm³/mol. The standard InChI is InChI=1S/C20H28N4O2/c1-15-11-22-24(12-15)19-7-5-18(6-8-19)20(25)21-9-4-10-23-13-16(2)26-17(3)14-23/h5-8,11-12,16-17H,4,9-10,13-14H2,1-3H3,(H,21,25). The molecule has 0 radical (unpaired) electrons. The normalized spacial score (nSPS) is 20.9. The molecule has 1 N–H and O–H groups in total. The van der Waals surface area contributed by atoms with Gasteiger partial charge in [-0.1, -0.05) is 0 Å². The van der Waals surface area contributed by atoms with Crippen LogP contribution in [0.3, 0.4) is 0 Å². The molecular weight excluding hydrogens is 328 g/mol. The summed E-state index contributed by atoms with van der Waals surface area (Å²) in [5, 5.41) is 7.28. The smallest absolute Gasteiger partial charge is 0.251 e. The van der Waals surface area contributed by atoms with E-state index >= 15 is 0 Å². The van der Waals surface area contributed by atoms with E-state index in [1.165, 1.54) is 0 Å². The maximum absolute atomic E-state index is 12.3. The van der Waals surface area contributed by atoms with Crippen molar-refractivity contribution in [2.24, 2.45) is 0 Å². The highest BCUT2D eigenvalue weighted by atomic mass is 16.5. The third-order valence-corrected chi connectivity index (χ3v) is 4.54. The van der Waals surface area contributed by atoms with Crippen molar-refractivity contribution in [3.63, 3.8) is 0 Å². The van der Waals surface area contributed by atoms with Gasteiger partial charge in [-0.05, 0) is 57.0 Å². The number of aryl methyl sites for hydroxylation is 1. The van der Waals surface area contributed by atoms with Gasteiger partial charge in [0.25, 0.3) is 5.91 Å². The van der Waals surface area contributed by atoms with Gasteiger partial charge in [-0.25, -0.2) is 4.68 Å². The minimum atomic E-state index is -0.0306. The summed E-state index contributed by atoms with van der Waals surface area (Å²) >= 11 is 0. The van der Waals surface area contributed by atoms with Gasteiger partial charge in [0.15, 0.2) is 0 Å². The van der Waals surface area contributed by atoms with Gasteiger partial charge in [-0.2, -0.15) is 5.10 Å². The van der Waals surface area contributed by atoms with Crippen LogP contribution in [0.2, 0.25) is 0 Å². The lowest BCUT2D eigenvalue weighted by Crippen LogP contribution is -2.46. The Bertz CT molecular complexity index is 716. The first-order chi connectivity index (χ1) is 12.5. The minimum absolute atomic E-state index is 0.0306. The Morgan fingerprint density at radius 3 is 2.54 bits per heavy atom. The number of carbonyl (C=O) groups excluding carboxylic acids is 1. The number of aromatic nitrogens is 2. The number of ether oxygens (including phenoxy) is 1. The van der Waals surface area contributed by atoms with Crippen LogP contribution in [-0.4, -0.2) is 59.0 Å². The Morgan fingerprint density at radius 1 is 1.23 bits per heavy atom. The van der Waals surface area contributed by atoms with Crippen molar-refractivity contribution >= 4 is 5.91 Å². The number of hydrogen-bond donors (Lipinski definition) is 1. The zero-order chi connectivity index (χ0) is 18.5. The number of amides is 1. The molecule has 2 heterocycles. The molecule has 0 aliphatic carbocycles. The SMILES string of the molecule is Cc1cnn(-c2ccc(C(=O)NCCCN3CC(C)OC(C)C3)cc2)c1. The van der Waals surface area contributed by atoms with Crippen molar-refractivity contribution in [3.8, 4) is 5.69 Å². The number of benzene rings is 1. The van der Waals surface area contributed by atoms with Crippen LogP contribution in [0.15, 0.2) is 36.7 Å². The third kappa shape index (κ3) is 4.93. The maximum atomic E-state index is 12.3. The molecule has 3 rings (SSSR count). The first-order valence-electron chi connectivity index (χ1n) is 9.29. The second-order valence-electron chi connectivity index (χ2n) is 7.14. The molecule has 1 fully saturated rings. The van der Waals surface area contributed by atoms with Gasteiger partial charge in [-0.15, -0.1) is 0 Å². The largest absolute Gasteiger partial charge is 0.373 e. The number of nitrogens with one attached hydrogen (secondary N) is 1. The molecule has 1 aliphatic heterocycles. The molecule has 0 spiro atoms. The Labute approximate surface area is 155 Å². The highest BCUT2D eigenvalue weighted by Gasteiger charge is 2.21. The van der Waals surface area contributed by atoms with Crippen molar-refractivity contribution in [3.05, 3.63) is 47.8 Å². The zero-order valence-electron chi connectivity index (χ0n) is 15.8. The molecule has 1 aromatic carbocycles. The average molecular weight is 356 g/mol. The highest BCUT2D eigenvalue weighted by molar-refractivity contribution is 5.94. The van der Waals surface area contributed by atoms with Crippen molar-refractivity contribution in [1.82, 2.24) is 20.0 Å². The molecule has 1 amide bonds. The van der Waals surface area contributed by atoms with Gasteiger partial charge in [0.2, 0.25) is 0 Å². The van der Waals surface area contributed by atoms with Crippen LogP contribution in [0, 0.1) is 6.92 Å². The molecule has 1 saturated heterocycles. The van der Waals surface area contributed by atoms with E-state index in [4.69, 9.17) is 4.74 Å². The van der Waals surface area contributed by atoms with Gasteiger partial charge in [-0.3, -0.25) is 9.69 Å². The molecule has 6 heteroatoms. The van der Waals surface area contributed by atoms with Crippen LogP contribution in [-0.2, 0) is 4.74 Å². The molecule has 26 heavy (non-hydrogen) atoms. The van der Waals surface area contributed by atoms with Crippen LogP contribution in [0.5, 0.6) is 0 Å². The van der Waals surface area contributed by atoms with Crippen LogP contribution >= 0.6 is 0 Å². The summed E-state index contributed by atoms with van der Waals surface area (Å²) < 4.78 is 7.55. The Balaban J connectivity index is 1.43. The first-order valence-corrected chi connectivity index (χ1v) is 9.29. The summed E-state index contributed by atoms with van der Waals surface area (Å²) in [6.45, 7) is 9.81. The molecule has 0 bridgehead atoms. The summed E-state index contributed by atoms with van der Waals surface area (Å²) in [5.74, 6) is -0.0306. The van der Waals surface area contributed by atoms with Gasteiger partial charge in [0.05, 0.1) is 24.1 Å². The van der Waals surface area contributed by atoms with E-state index in [9.17, 15) is 4.79 Å². The fourth-order valence-corrected chi connectivity index (χ4v) is 3.39. The third-order valence-electron chi connectivity index (χ3n) is 4.54. The number of rotatable bonds is 6. The van der Waals surface area contributed by atoms with Gasteiger partial charge < -0.3 is 10.1 Å². The van der Waals surface area contributed by atoms with E-state index in [-0.39, 0.29) is 18.1 Å².